The molecule has 1 aliphatic rings. The van der Waals surface area contributed by atoms with E-state index in [9.17, 15) is 27.7 Å². The minimum absolute atomic E-state index is 0.0582. The Kier molecular flexibility index (Phi) is 8.27. The predicted molar refractivity (Wildman–Crippen MR) is 151 cm³/mol. The Balaban J connectivity index is 1.82. The average molecular weight is 587 g/mol. The second-order valence-electron chi connectivity index (χ2n) is 10.2. The van der Waals surface area contributed by atoms with Gasteiger partial charge in [-0.2, -0.15) is 13.0 Å². The lowest BCUT2D eigenvalue weighted by Gasteiger charge is -2.16. The first-order valence-electron chi connectivity index (χ1n) is 12.9. The second kappa shape index (κ2) is 11.4. The Morgan fingerprint density at radius 1 is 1.07 bits per heavy atom. The van der Waals surface area contributed by atoms with Crippen LogP contribution in [0.2, 0.25) is 0 Å². The number of rotatable bonds is 11. The smallest absolute Gasteiger partial charge is 0.347 e. The van der Waals surface area contributed by atoms with Crippen LogP contribution in [0.3, 0.4) is 0 Å². The molecule has 1 aromatic heterocycles. The van der Waals surface area contributed by atoms with Crippen molar-refractivity contribution in [3.63, 3.8) is 0 Å². The molecule has 0 radical (unpaired) electrons. The molecule has 41 heavy (non-hydrogen) atoms. The van der Waals surface area contributed by atoms with Gasteiger partial charge in [0.25, 0.3) is 10.1 Å². The molecular weight excluding hydrogens is 554 g/mol. The van der Waals surface area contributed by atoms with Gasteiger partial charge in [-0.25, -0.2) is 4.79 Å². The normalized spacial score (nSPS) is 14.6. The number of nitrogens with zero attached hydrogens (tertiary/aromatic N) is 1. The number of unbranched alkanes of at least 4 members (excludes halogenated alkanes) is 2. The van der Waals surface area contributed by atoms with Crippen molar-refractivity contribution < 1.29 is 46.4 Å². The number of carboxylic acids is 1. The molecule has 0 atom stereocenters. The molecule has 4 rings (SSSR count). The van der Waals surface area contributed by atoms with Crippen LogP contribution in [-0.4, -0.2) is 60.2 Å². The highest BCUT2D eigenvalue weighted by Gasteiger charge is 2.45. The molecule has 0 saturated heterocycles. The molecule has 0 bridgehead atoms. The average Bonchev–Trinajstić information content (AvgIpc) is 3.12. The molecule has 0 unspecified atom stereocenters. The van der Waals surface area contributed by atoms with E-state index in [1.807, 2.05) is 18.4 Å². The number of methoxy groups -OCH3 is 2. The van der Waals surface area contributed by atoms with Crippen LogP contribution in [0.25, 0.3) is 17.0 Å². The first kappa shape index (κ1) is 29.8. The zero-order valence-electron chi connectivity index (χ0n) is 23.1. The SMILES string of the molecule is COc1cc(OC)c2c(O)c(/C=C/C3=[N+](CCCCCC(=O)O)c4ccc(S(=O)(=O)O)cc4C3(C)C)c(=O)oc2c1. The highest BCUT2D eigenvalue weighted by molar-refractivity contribution is 7.85. The van der Waals surface area contributed by atoms with Gasteiger partial charge in [-0.1, -0.05) is 0 Å². The maximum absolute atomic E-state index is 12.9. The van der Waals surface area contributed by atoms with Crippen LogP contribution in [0.15, 0.2) is 50.5 Å². The molecule has 2 heterocycles. The summed E-state index contributed by atoms with van der Waals surface area (Å²) in [5, 5.41) is 20.3. The zero-order chi connectivity index (χ0) is 30.1. The van der Waals surface area contributed by atoms with Crippen molar-refractivity contribution in [3.05, 3.63) is 58.0 Å². The minimum Gasteiger partial charge on any atom is -0.506 e. The number of hydrogen-bond donors (Lipinski definition) is 3. The van der Waals surface area contributed by atoms with Crippen molar-refractivity contribution in [1.29, 1.82) is 0 Å². The van der Waals surface area contributed by atoms with Crippen molar-refractivity contribution in [2.45, 2.75) is 49.8 Å². The first-order valence-corrected chi connectivity index (χ1v) is 14.3. The third-order valence-corrected chi connectivity index (χ3v) is 8.10. The minimum atomic E-state index is -4.45. The summed E-state index contributed by atoms with van der Waals surface area (Å²) < 4.78 is 51.4. The van der Waals surface area contributed by atoms with Gasteiger partial charge < -0.3 is 24.1 Å². The van der Waals surface area contributed by atoms with E-state index in [-0.39, 0.29) is 39.3 Å². The van der Waals surface area contributed by atoms with Gasteiger partial charge in [0.1, 0.15) is 40.3 Å². The largest absolute Gasteiger partial charge is 0.506 e. The molecule has 11 nitrogen and oxygen atoms in total. The number of aromatic hydroxyl groups is 1. The maximum Gasteiger partial charge on any atom is 0.347 e. The van der Waals surface area contributed by atoms with E-state index in [4.69, 9.17) is 19.0 Å². The summed E-state index contributed by atoms with van der Waals surface area (Å²) in [6.07, 6.45) is 4.96. The molecule has 0 saturated carbocycles. The highest BCUT2D eigenvalue weighted by atomic mass is 32.2. The van der Waals surface area contributed by atoms with Crippen LogP contribution in [-0.2, 0) is 20.3 Å². The number of fused-ring (bicyclic) bond motifs is 2. The molecule has 0 aliphatic carbocycles. The van der Waals surface area contributed by atoms with Gasteiger partial charge in [0, 0.05) is 42.7 Å². The van der Waals surface area contributed by atoms with Gasteiger partial charge >= 0.3 is 11.6 Å². The van der Waals surface area contributed by atoms with E-state index >= 15 is 0 Å². The zero-order valence-corrected chi connectivity index (χ0v) is 23.9. The van der Waals surface area contributed by atoms with Gasteiger partial charge in [0.15, 0.2) is 5.71 Å². The number of carboxylic acid groups (broad SMARTS) is 1. The molecule has 3 N–H and O–H groups in total. The molecule has 3 aromatic rings. The fourth-order valence-corrected chi connectivity index (χ4v) is 5.64. The van der Waals surface area contributed by atoms with E-state index in [2.05, 4.69) is 0 Å². The van der Waals surface area contributed by atoms with E-state index in [0.29, 0.717) is 48.5 Å². The monoisotopic (exact) mass is 586 g/mol. The fraction of sp³-hybridized carbons (Fsp3) is 0.345. The topological polar surface area (TPSA) is 164 Å². The van der Waals surface area contributed by atoms with E-state index in [1.54, 1.807) is 18.2 Å². The maximum atomic E-state index is 12.9. The van der Waals surface area contributed by atoms with E-state index in [0.717, 1.165) is 0 Å². The molecule has 12 heteroatoms. The van der Waals surface area contributed by atoms with Crippen molar-refractivity contribution in [3.8, 4) is 17.2 Å². The van der Waals surface area contributed by atoms with Crippen molar-refractivity contribution in [1.82, 2.24) is 0 Å². The number of carbonyl (C=O) groups is 1. The van der Waals surface area contributed by atoms with Crippen LogP contribution in [0.1, 0.15) is 50.7 Å². The van der Waals surface area contributed by atoms with Crippen LogP contribution in [0, 0.1) is 0 Å². The van der Waals surface area contributed by atoms with Gasteiger partial charge in [0.2, 0.25) is 5.69 Å². The van der Waals surface area contributed by atoms with Crippen molar-refractivity contribution in [2.24, 2.45) is 0 Å². The summed E-state index contributed by atoms with van der Waals surface area (Å²) in [4.78, 5) is 23.6. The van der Waals surface area contributed by atoms with E-state index < -0.39 is 27.1 Å². The standard InChI is InChI=1S/C29H31NO10S/c1-29(2)20-16-18(41(35,36)37)9-11-21(20)30(13-7-5-6-8-25(31)32)24(29)12-10-19-27(33)26-22(39-4)14-17(38-3)15-23(26)40-28(19)34/h9-12,14-16H,5-8,13H2,1-4H3,(H2,31,32,35,36,37)/p+1. The van der Waals surface area contributed by atoms with Crippen molar-refractivity contribution >= 4 is 44.5 Å². The van der Waals surface area contributed by atoms with E-state index in [1.165, 1.54) is 38.5 Å². The lowest BCUT2D eigenvalue weighted by atomic mass is 9.81. The van der Waals surface area contributed by atoms with Gasteiger partial charge in [-0.3, -0.25) is 9.35 Å². The van der Waals surface area contributed by atoms with Crippen LogP contribution >= 0.6 is 0 Å². The van der Waals surface area contributed by atoms with Crippen molar-refractivity contribution in [2.75, 3.05) is 20.8 Å². The first-order chi connectivity index (χ1) is 19.3. The third-order valence-electron chi connectivity index (χ3n) is 7.25. The summed E-state index contributed by atoms with van der Waals surface area (Å²) in [6, 6.07) is 7.37. The lowest BCUT2D eigenvalue weighted by molar-refractivity contribution is -0.438. The molecule has 0 fully saturated rings. The summed E-state index contributed by atoms with van der Waals surface area (Å²) in [6.45, 7) is 4.23. The molecule has 2 aromatic carbocycles. The number of ether oxygens (including phenoxy) is 2. The van der Waals surface area contributed by atoms with Gasteiger partial charge in [-0.15, -0.1) is 0 Å². The quantitative estimate of drug-likeness (QED) is 0.126. The number of allylic oxidation sites excluding steroid dienone is 1. The number of benzene rings is 2. The molecular formula is C29H32NO10S+. The number of hydrogen-bond acceptors (Lipinski definition) is 8. The molecule has 0 spiro atoms. The van der Waals surface area contributed by atoms with Crippen LogP contribution < -0.4 is 15.1 Å². The van der Waals surface area contributed by atoms with Gasteiger partial charge in [-0.05, 0) is 44.9 Å². The summed E-state index contributed by atoms with van der Waals surface area (Å²) in [5.74, 6) is -0.578. The molecule has 218 valence electrons. The summed E-state index contributed by atoms with van der Waals surface area (Å²) in [7, 11) is -1.59. The molecule has 1 aliphatic heterocycles. The second-order valence-corrected chi connectivity index (χ2v) is 11.6. The Bertz CT molecular complexity index is 1750. The predicted octanol–water partition coefficient (Wildman–Crippen LogP) is 4.50. The van der Waals surface area contributed by atoms with Crippen LogP contribution in [0.5, 0.6) is 17.2 Å². The van der Waals surface area contributed by atoms with Crippen LogP contribution in [0.4, 0.5) is 5.69 Å². The van der Waals surface area contributed by atoms with Gasteiger partial charge in [0.05, 0.1) is 24.5 Å². The lowest BCUT2D eigenvalue weighted by Crippen LogP contribution is -2.28. The highest BCUT2D eigenvalue weighted by Crippen LogP contribution is 2.42. The Labute approximate surface area is 236 Å². The Hall–Kier alpha value is -4.16. The fourth-order valence-electron chi connectivity index (χ4n) is 5.13. The number of aliphatic carboxylic acids is 1. The molecule has 0 amide bonds. The summed E-state index contributed by atoms with van der Waals surface area (Å²) >= 11 is 0. The third kappa shape index (κ3) is 5.84. The summed E-state index contributed by atoms with van der Waals surface area (Å²) in [5.41, 5.74) is 0.460. The Morgan fingerprint density at radius 2 is 1.80 bits per heavy atom. The Morgan fingerprint density at radius 3 is 2.44 bits per heavy atom.